The van der Waals surface area contributed by atoms with E-state index >= 15 is 0 Å². The molecule has 0 bridgehead atoms. The molecule has 0 aliphatic carbocycles. The minimum absolute atomic E-state index is 0.116. The van der Waals surface area contributed by atoms with Crippen LogP contribution in [0.2, 0.25) is 0 Å². The third-order valence-corrected chi connectivity index (χ3v) is 4.21. The molecule has 0 unspecified atom stereocenters. The van der Waals surface area contributed by atoms with Crippen LogP contribution in [-0.4, -0.2) is 9.49 Å². The van der Waals surface area contributed by atoms with E-state index in [0.717, 1.165) is 11.3 Å². The summed E-state index contributed by atoms with van der Waals surface area (Å²) in [6.07, 6.45) is 1.41. The van der Waals surface area contributed by atoms with Crippen molar-refractivity contribution < 1.29 is 4.92 Å². The molecule has 0 saturated carbocycles. The average Bonchev–Trinajstić information content (AvgIpc) is 2.85. The van der Waals surface area contributed by atoms with Crippen molar-refractivity contribution in [1.29, 1.82) is 10.5 Å². The van der Waals surface area contributed by atoms with Crippen LogP contribution in [0, 0.1) is 32.8 Å². The molecule has 0 spiro atoms. The molecule has 114 valence electrons. The lowest BCUT2D eigenvalue weighted by Crippen LogP contribution is -2.31. The number of thiazole rings is 1. The molecular weight excluding hydrogens is 316 g/mol. The Morgan fingerprint density at radius 1 is 1.39 bits per heavy atom. The predicted octanol–water partition coefficient (Wildman–Crippen LogP) is 0.865. The van der Waals surface area contributed by atoms with Gasteiger partial charge in [-0.15, -0.1) is 11.3 Å². The van der Waals surface area contributed by atoms with Crippen LogP contribution in [-0.2, 0) is 6.54 Å². The second-order valence-electron chi connectivity index (χ2n) is 4.38. The van der Waals surface area contributed by atoms with Gasteiger partial charge >= 0.3 is 0 Å². The number of hydrogen-bond donors (Lipinski definition) is 0. The summed E-state index contributed by atoms with van der Waals surface area (Å²) in [5, 5.41) is 29.0. The predicted molar refractivity (Wildman–Crippen MR) is 84.8 cm³/mol. The minimum atomic E-state index is -0.527. The molecule has 0 atom stereocenters. The van der Waals surface area contributed by atoms with Gasteiger partial charge in [0, 0.05) is 12.6 Å². The number of nitro groups is 1. The molecule has 0 fully saturated rings. The summed E-state index contributed by atoms with van der Waals surface area (Å²) in [7, 11) is 0. The quantitative estimate of drug-likeness (QED) is 0.613. The van der Waals surface area contributed by atoms with Gasteiger partial charge in [-0.25, -0.2) is 0 Å². The van der Waals surface area contributed by atoms with Gasteiger partial charge in [0.05, 0.1) is 15.0 Å². The van der Waals surface area contributed by atoms with Crippen molar-refractivity contribution in [3.63, 3.8) is 0 Å². The third-order valence-electron chi connectivity index (χ3n) is 3.08. The molecule has 1 heterocycles. The van der Waals surface area contributed by atoms with Crippen LogP contribution in [0.4, 0.5) is 5.69 Å². The van der Waals surface area contributed by atoms with E-state index in [4.69, 9.17) is 10.5 Å². The van der Waals surface area contributed by atoms with Crippen LogP contribution in [0.25, 0.3) is 11.6 Å². The van der Waals surface area contributed by atoms with Gasteiger partial charge in [0.2, 0.25) is 0 Å². The van der Waals surface area contributed by atoms with Crippen molar-refractivity contribution in [3.8, 4) is 12.1 Å². The van der Waals surface area contributed by atoms with Crippen LogP contribution in [0.5, 0.6) is 0 Å². The number of hydrogen-bond acceptors (Lipinski definition) is 6. The molecule has 8 heteroatoms. The minimum Gasteiger partial charge on any atom is -0.298 e. The third kappa shape index (κ3) is 3.03. The molecule has 1 aromatic carbocycles. The first-order chi connectivity index (χ1) is 11.0. The first-order valence-corrected chi connectivity index (χ1v) is 7.34. The van der Waals surface area contributed by atoms with Gasteiger partial charge in [-0.2, -0.15) is 10.5 Å². The van der Waals surface area contributed by atoms with E-state index in [1.807, 2.05) is 0 Å². The molecule has 0 aliphatic rings. The standard InChI is InChI=1S/C15H10N4O3S/c1-2-18-14(20)13(23-15(18)11(8-16)9-17)7-10-5-3-4-6-12(10)19(21)22/h3-7H,2H2,1H3/b13-7+. The zero-order valence-corrected chi connectivity index (χ0v) is 12.8. The highest BCUT2D eigenvalue weighted by atomic mass is 32.1. The van der Waals surface area contributed by atoms with E-state index in [-0.39, 0.29) is 26.0 Å². The molecule has 23 heavy (non-hydrogen) atoms. The fourth-order valence-electron chi connectivity index (χ4n) is 2.03. The Hall–Kier alpha value is -3.23. The molecule has 0 amide bonds. The Balaban J connectivity index is 2.86. The van der Waals surface area contributed by atoms with Crippen molar-refractivity contribution in [2.45, 2.75) is 13.5 Å². The van der Waals surface area contributed by atoms with Gasteiger partial charge in [0.1, 0.15) is 16.8 Å². The molecule has 7 nitrogen and oxygen atoms in total. The first-order valence-electron chi connectivity index (χ1n) is 6.52. The van der Waals surface area contributed by atoms with Crippen molar-refractivity contribution in [2.75, 3.05) is 0 Å². The number of rotatable bonds is 3. The van der Waals surface area contributed by atoms with Crippen LogP contribution in [0.1, 0.15) is 12.5 Å². The Bertz CT molecular complexity index is 1020. The average molecular weight is 326 g/mol. The zero-order valence-electron chi connectivity index (χ0n) is 12.0. The molecule has 0 N–H and O–H groups in total. The molecule has 0 radical (unpaired) electrons. The summed E-state index contributed by atoms with van der Waals surface area (Å²) >= 11 is 0.973. The number of nitro benzene ring substituents is 1. The van der Waals surface area contributed by atoms with Crippen LogP contribution in [0.3, 0.4) is 0 Å². The lowest BCUT2D eigenvalue weighted by Gasteiger charge is -1.95. The molecular formula is C15H10N4O3S. The molecule has 1 aromatic heterocycles. The van der Waals surface area contributed by atoms with E-state index < -0.39 is 4.92 Å². The number of benzene rings is 1. The monoisotopic (exact) mass is 326 g/mol. The maximum absolute atomic E-state index is 12.4. The SMILES string of the molecule is CCn1c(=C(C#N)C#N)s/c(=C/c2ccccc2[N+](=O)[O-])c1=O. The largest absolute Gasteiger partial charge is 0.298 e. The maximum atomic E-state index is 12.4. The number of aromatic nitrogens is 1. The van der Waals surface area contributed by atoms with Crippen molar-refractivity contribution in [2.24, 2.45) is 0 Å². The van der Waals surface area contributed by atoms with Gasteiger partial charge in [-0.05, 0) is 19.1 Å². The normalized spacial score (nSPS) is 10.8. The maximum Gasteiger partial charge on any atom is 0.276 e. The van der Waals surface area contributed by atoms with Gasteiger partial charge in [0.15, 0.2) is 5.57 Å². The van der Waals surface area contributed by atoms with Gasteiger partial charge < -0.3 is 0 Å². The topological polar surface area (TPSA) is 113 Å². The fourth-order valence-corrected chi connectivity index (χ4v) is 3.14. The fraction of sp³-hybridized carbons (Fsp3) is 0.133. The number of nitrogens with zero attached hydrogens (tertiary/aromatic N) is 4. The van der Waals surface area contributed by atoms with Crippen molar-refractivity contribution in [1.82, 2.24) is 4.57 Å². The van der Waals surface area contributed by atoms with Crippen LogP contribution in [0.15, 0.2) is 29.1 Å². The van der Waals surface area contributed by atoms with Gasteiger partial charge in [-0.3, -0.25) is 19.5 Å². The number of para-hydroxylation sites is 1. The van der Waals surface area contributed by atoms with E-state index in [2.05, 4.69) is 0 Å². The molecule has 0 aliphatic heterocycles. The molecule has 2 aromatic rings. The summed E-state index contributed by atoms with van der Waals surface area (Å²) in [5.74, 6) is 0. The van der Waals surface area contributed by atoms with Gasteiger partial charge in [0.25, 0.3) is 11.2 Å². The summed E-state index contributed by atoms with van der Waals surface area (Å²) in [6.45, 7) is 2.01. The van der Waals surface area contributed by atoms with Crippen molar-refractivity contribution >= 4 is 28.7 Å². The van der Waals surface area contributed by atoms with Gasteiger partial charge in [-0.1, -0.05) is 12.1 Å². The highest BCUT2D eigenvalue weighted by Gasteiger charge is 2.12. The van der Waals surface area contributed by atoms with E-state index in [0.29, 0.717) is 12.1 Å². The Kier molecular flexibility index (Phi) is 4.69. The second-order valence-corrected chi connectivity index (χ2v) is 5.41. The Morgan fingerprint density at radius 2 is 2.04 bits per heavy atom. The Labute approximate surface area is 134 Å². The summed E-state index contributed by atoms with van der Waals surface area (Å²) < 4.78 is 1.80. The summed E-state index contributed by atoms with van der Waals surface area (Å²) in [6, 6.07) is 9.58. The van der Waals surface area contributed by atoms with Crippen LogP contribution >= 0.6 is 11.3 Å². The molecule has 2 rings (SSSR count). The highest BCUT2D eigenvalue weighted by Crippen LogP contribution is 2.17. The van der Waals surface area contributed by atoms with Crippen LogP contribution < -0.4 is 14.8 Å². The van der Waals surface area contributed by atoms with Crippen molar-refractivity contribution in [3.05, 3.63) is 59.5 Å². The Morgan fingerprint density at radius 3 is 2.61 bits per heavy atom. The lowest BCUT2D eigenvalue weighted by atomic mass is 10.2. The van der Waals surface area contributed by atoms with E-state index in [1.54, 1.807) is 25.1 Å². The lowest BCUT2D eigenvalue weighted by molar-refractivity contribution is -0.385. The van der Waals surface area contributed by atoms with E-state index in [9.17, 15) is 14.9 Å². The first kappa shape index (κ1) is 16.1. The highest BCUT2D eigenvalue weighted by molar-refractivity contribution is 7.07. The summed E-state index contributed by atoms with van der Waals surface area (Å²) in [4.78, 5) is 22.9. The second kappa shape index (κ2) is 6.69. The molecule has 0 saturated heterocycles. The smallest absolute Gasteiger partial charge is 0.276 e. The summed E-state index contributed by atoms with van der Waals surface area (Å²) in [5.41, 5.74) is -0.361. The zero-order chi connectivity index (χ0) is 17.0. The number of nitriles is 2. The van der Waals surface area contributed by atoms with E-state index in [1.165, 1.54) is 28.8 Å².